The van der Waals surface area contributed by atoms with Crippen LogP contribution in [0, 0.1) is 5.82 Å². The first-order valence-electron chi connectivity index (χ1n) is 6.85. The molecule has 2 rings (SSSR count). The first kappa shape index (κ1) is 14.0. The van der Waals surface area contributed by atoms with Gasteiger partial charge in [0.2, 0.25) is 0 Å². The van der Waals surface area contributed by atoms with Crippen molar-refractivity contribution >= 4 is 5.97 Å². The van der Waals surface area contributed by atoms with Crippen LogP contribution in [0.3, 0.4) is 0 Å². The second kappa shape index (κ2) is 6.66. The van der Waals surface area contributed by atoms with Crippen LogP contribution in [0.1, 0.15) is 31.2 Å². The standard InChI is InChI=1S/C15H20FNO2/c16-13-7-5-12(6-8-13)9-10-17(11-15(18)19)14-3-1-2-4-14/h5-8,14H,1-4,9-11H2,(H,18,19). The van der Waals surface area contributed by atoms with Gasteiger partial charge in [0.05, 0.1) is 6.54 Å². The third-order valence-corrected chi connectivity index (χ3v) is 3.78. The van der Waals surface area contributed by atoms with Gasteiger partial charge >= 0.3 is 5.97 Å². The van der Waals surface area contributed by atoms with Crippen molar-refractivity contribution < 1.29 is 14.3 Å². The molecule has 1 aliphatic rings. The molecule has 0 heterocycles. The summed E-state index contributed by atoms with van der Waals surface area (Å²) in [5.41, 5.74) is 1.05. The van der Waals surface area contributed by atoms with Crippen LogP contribution >= 0.6 is 0 Å². The maximum atomic E-state index is 12.8. The summed E-state index contributed by atoms with van der Waals surface area (Å²) >= 11 is 0. The Labute approximate surface area is 113 Å². The lowest BCUT2D eigenvalue weighted by molar-refractivity contribution is -0.138. The molecule has 0 spiro atoms. The first-order valence-corrected chi connectivity index (χ1v) is 6.85. The molecule has 3 nitrogen and oxygen atoms in total. The number of hydrogen-bond donors (Lipinski definition) is 1. The highest BCUT2D eigenvalue weighted by Crippen LogP contribution is 2.23. The molecular weight excluding hydrogens is 245 g/mol. The minimum Gasteiger partial charge on any atom is -0.480 e. The van der Waals surface area contributed by atoms with E-state index in [0.717, 1.165) is 31.4 Å². The average molecular weight is 265 g/mol. The number of benzene rings is 1. The lowest BCUT2D eigenvalue weighted by Crippen LogP contribution is -2.38. The van der Waals surface area contributed by atoms with Crippen LogP contribution in [0.25, 0.3) is 0 Å². The fraction of sp³-hybridized carbons (Fsp3) is 0.533. The van der Waals surface area contributed by atoms with Crippen LogP contribution in [0.4, 0.5) is 4.39 Å². The molecule has 1 N–H and O–H groups in total. The van der Waals surface area contributed by atoms with Gasteiger partial charge in [-0.3, -0.25) is 9.69 Å². The number of aliphatic carboxylic acids is 1. The van der Waals surface area contributed by atoms with Crippen molar-refractivity contribution in [3.63, 3.8) is 0 Å². The Morgan fingerprint density at radius 1 is 1.26 bits per heavy atom. The zero-order valence-electron chi connectivity index (χ0n) is 11.0. The van der Waals surface area contributed by atoms with Crippen LogP contribution in [0.5, 0.6) is 0 Å². The molecule has 0 radical (unpaired) electrons. The van der Waals surface area contributed by atoms with E-state index in [9.17, 15) is 9.18 Å². The van der Waals surface area contributed by atoms with E-state index in [0.29, 0.717) is 6.04 Å². The van der Waals surface area contributed by atoms with Gasteiger partial charge in [-0.1, -0.05) is 25.0 Å². The Kier molecular flexibility index (Phi) is 4.91. The van der Waals surface area contributed by atoms with Crippen LogP contribution in [-0.4, -0.2) is 35.1 Å². The van der Waals surface area contributed by atoms with E-state index in [2.05, 4.69) is 4.90 Å². The van der Waals surface area contributed by atoms with Gasteiger partial charge < -0.3 is 5.11 Å². The Balaban J connectivity index is 1.91. The summed E-state index contributed by atoms with van der Waals surface area (Å²) in [4.78, 5) is 13.0. The number of nitrogens with zero attached hydrogens (tertiary/aromatic N) is 1. The molecule has 1 aromatic rings. The Morgan fingerprint density at radius 3 is 2.47 bits per heavy atom. The van der Waals surface area contributed by atoms with Crippen LogP contribution in [0.2, 0.25) is 0 Å². The van der Waals surface area contributed by atoms with Gasteiger partial charge in [-0.05, 0) is 37.0 Å². The zero-order valence-corrected chi connectivity index (χ0v) is 11.0. The Hall–Kier alpha value is -1.42. The van der Waals surface area contributed by atoms with Crippen LogP contribution < -0.4 is 0 Å². The molecule has 19 heavy (non-hydrogen) atoms. The molecule has 0 saturated heterocycles. The summed E-state index contributed by atoms with van der Waals surface area (Å²) in [7, 11) is 0. The highest BCUT2D eigenvalue weighted by molar-refractivity contribution is 5.69. The summed E-state index contributed by atoms with van der Waals surface area (Å²) in [6.45, 7) is 0.828. The van der Waals surface area contributed by atoms with Gasteiger partial charge in [0, 0.05) is 12.6 Å². The molecule has 1 aromatic carbocycles. The van der Waals surface area contributed by atoms with Gasteiger partial charge in [-0.15, -0.1) is 0 Å². The molecule has 0 aromatic heterocycles. The molecule has 104 valence electrons. The third kappa shape index (κ3) is 4.31. The van der Waals surface area contributed by atoms with Crippen molar-refractivity contribution in [3.8, 4) is 0 Å². The van der Waals surface area contributed by atoms with Crippen molar-refractivity contribution in [1.29, 1.82) is 0 Å². The van der Waals surface area contributed by atoms with Crippen molar-refractivity contribution in [3.05, 3.63) is 35.6 Å². The highest BCUT2D eigenvalue weighted by Gasteiger charge is 2.23. The number of hydrogen-bond acceptors (Lipinski definition) is 2. The van der Waals surface area contributed by atoms with Gasteiger partial charge in [0.1, 0.15) is 5.82 Å². The fourth-order valence-electron chi connectivity index (χ4n) is 2.76. The van der Waals surface area contributed by atoms with E-state index in [1.54, 1.807) is 12.1 Å². The van der Waals surface area contributed by atoms with Gasteiger partial charge in [0.15, 0.2) is 0 Å². The van der Waals surface area contributed by atoms with Crippen molar-refractivity contribution in [2.45, 2.75) is 38.1 Å². The Bertz CT molecular complexity index is 413. The van der Waals surface area contributed by atoms with E-state index in [4.69, 9.17) is 5.11 Å². The lowest BCUT2D eigenvalue weighted by Gasteiger charge is -2.27. The van der Waals surface area contributed by atoms with Gasteiger partial charge in [-0.2, -0.15) is 0 Å². The first-order chi connectivity index (χ1) is 9.15. The van der Waals surface area contributed by atoms with E-state index >= 15 is 0 Å². The van der Waals surface area contributed by atoms with E-state index in [1.165, 1.54) is 25.0 Å². The van der Waals surface area contributed by atoms with Crippen LogP contribution in [-0.2, 0) is 11.2 Å². The topological polar surface area (TPSA) is 40.5 Å². The normalized spacial score (nSPS) is 16.1. The van der Waals surface area contributed by atoms with Crippen molar-refractivity contribution in [2.75, 3.05) is 13.1 Å². The number of carbonyl (C=O) groups is 1. The predicted octanol–water partition coefficient (Wildman–Crippen LogP) is 2.70. The smallest absolute Gasteiger partial charge is 0.317 e. The molecule has 1 aliphatic carbocycles. The number of rotatable bonds is 6. The minimum absolute atomic E-state index is 0.103. The lowest BCUT2D eigenvalue weighted by atomic mass is 10.1. The van der Waals surface area contributed by atoms with Crippen LogP contribution in [0.15, 0.2) is 24.3 Å². The fourth-order valence-corrected chi connectivity index (χ4v) is 2.76. The molecule has 4 heteroatoms. The molecule has 0 unspecified atom stereocenters. The van der Waals surface area contributed by atoms with Gasteiger partial charge in [0.25, 0.3) is 0 Å². The number of halogens is 1. The highest BCUT2D eigenvalue weighted by atomic mass is 19.1. The summed E-state index contributed by atoms with van der Waals surface area (Å²) < 4.78 is 12.8. The van der Waals surface area contributed by atoms with Crippen molar-refractivity contribution in [1.82, 2.24) is 4.90 Å². The maximum Gasteiger partial charge on any atom is 0.317 e. The number of carboxylic acid groups (broad SMARTS) is 1. The quantitative estimate of drug-likeness (QED) is 0.859. The van der Waals surface area contributed by atoms with Gasteiger partial charge in [-0.25, -0.2) is 4.39 Å². The van der Waals surface area contributed by atoms with E-state index < -0.39 is 5.97 Å². The van der Waals surface area contributed by atoms with E-state index in [1.807, 2.05) is 0 Å². The second-order valence-corrected chi connectivity index (χ2v) is 5.18. The summed E-state index contributed by atoms with van der Waals surface area (Å²) in [5, 5.41) is 8.99. The molecule has 0 aliphatic heterocycles. The maximum absolute atomic E-state index is 12.8. The Morgan fingerprint density at radius 2 is 1.89 bits per heavy atom. The molecular formula is C15H20FNO2. The molecule has 0 bridgehead atoms. The average Bonchev–Trinajstić information content (AvgIpc) is 2.90. The molecule has 0 amide bonds. The van der Waals surface area contributed by atoms with Crippen molar-refractivity contribution in [2.24, 2.45) is 0 Å². The third-order valence-electron chi connectivity index (χ3n) is 3.78. The molecule has 1 fully saturated rings. The SMILES string of the molecule is O=C(O)CN(CCc1ccc(F)cc1)C1CCCC1. The predicted molar refractivity (Wildman–Crippen MR) is 71.6 cm³/mol. The summed E-state index contributed by atoms with van der Waals surface area (Å²) in [6.07, 6.45) is 5.34. The second-order valence-electron chi connectivity index (χ2n) is 5.18. The molecule has 0 atom stereocenters. The summed E-state index contributed by atoms with van der Waals surface area (Å²) in [5.74, 6) is -1.01. The zero-order chi connectivity index (χ0) is 13.7. The monoisotopic (exact) mass is 265 g/mol. The number of carboxylic acids is 1. The molecule has 1 saturated carbocycles. The van der Waals surface area contributed by atoms with E-state index in [-0.39, 0.29) is 12.4 Å². The summed E-state index contributed by atoms with van der Waals surface area (Å²) in [6, 6.07) is 6.83. The largest absolute Gasteiger partial charge is 0.480 e. The minimum atomic E-state index is -0.772.